The van der Waals surface area contributed by atoms with Gasteiger partial charge in [0.15, 0.2) is 0 Å². The van der Waals surface area contributed by atoms with Crippen molar-refractivity contribution in [2.45, 2.75) is 12.7 Å². The van der Waals surface area contributed by atoms with Crippen molar-refractivity contribution in [2.75, 3.05) is 6.54 Å². The minimum Gasteiger partial charge on any atom is -0.349 e. The Bertz CT molecular complexity index is 630. The molecule has 0 aliphatic rings. The van der Waals surface area contributed by atoms with Crippen molar-refractivity contribution in [3.8, 4) is 0 Å². The number of rotatable bonds is 4. The van der Waals surface area contributed by atoms with E-state index in [0.717, 1.165) is 0 Å². The molecule has 21 heavy (non-hydrogen) atoms. The molecule has 2 rings (SSSR count). The standard InChI is InChI=1S/C10H8ClF3N6O/c11-7-3-6(10(12,13)14)4-16-8(7)9(21)15-1-2-20-5-17-18-19-20/h3-5H,1-2H2,(H,15,21). The second-order valence-electron chi connectivity index (χ2n) is 3.88. The van der Waals surface area contributed by atoms with Crippen LogP contribution in [0.2, 0.25) is 5.02 Å². The van der Waals surface area contributed by atoms with Gasteiger partial charge in [0, 0.05) is 12.7 Å². The maximum Gasteiger partial charge on any atom is 0.417 e. The van der Waals surface area contributed by atoms with E-state index in [1.165, 1.54) is 11.0 Å². The minimum atomic E-state index is -4.56. The van der Waals surface area contributed by atoms with Gasteiger partial charge in [-0.3, -0.25) is 4.79 Å². The second kappa shape index (κ2) is 6.04. The molecule has 1 N–H and O–H groups in total. The summed E-state index contributed by atoms with van der Waals surface area (Å²) in [5, 5.41) is 12.5. The Balaban J connectivity index is 1.99. The summed E-state index contributed by atoms with van der Waals surface area (Å²) in [7, 11) is 0. The summed E-state index contributed by atoms with van der Waals surface area (Å²) < 4.78 is 38.7. The normalized spacial score (nSPS) is 11.4. The van der Waals surface area contributed by atoms with Crippen LogP contribution in [0.25, 0.3) is 0 Å². The number of amides is 1. The van der Waals surface area contributed by atoms with E-state index in [2.05, 4.69) is 25.8 Å². The number of nitrogens with one attached hydrogen (secondary N) is 1. The highest BCUT2D eigenvalue weighted by Gasteiger charge is 2.32. The number of carbonyl (C=O) groups excluding carboxylic acids is 1. The van der Waals surface area contributed by atoms with Crippen LogP contribution in [-0.4, -0.2) is 37.6 Å². The molecule has 2 aromatic rings. The molecule has 0 saturated heterocycles. The highest BCUT2D eigenvalue weighted by atomic mass is 35.5. The van der Waals surface area contributed by atoms with Crippen LogP contribution in [0.4, 0.5) is 13.2 Å². The predicted octanol–water partition coefficient (Wildman–Crippen LogP) is 1.17. The number of hydrogen-bond acceptors (Lipinski definition) is 5. The fourth-order valence-corrected chi connectivity index (χ4v) is 1.66. The Labute approximate surface area is 121 Å². The number of nitrogens with zero attached hydrogens (tertiary/aromatic N) is 5. The number of pyridine rings is 1. The minimum absolute atomic E-state index is 0.170. The molecular weight excluding hydrogens is 313 g/mol. The van der Waals surface area contributed by atoms with Gasteiger partial charge in [0.1, 0.15) is 12.0 Å². The molecule has 0 aliphatic carbocycles. The van der Waals surface area contributed by atoms with Crippen molar-refractivity contribution >= 4 is 17.5 Å². The molecule has 0 bridgehead atoms. The van der Waals surface area contributed by atoms with E-state index < -0.39 is 17.6 Å². The fourth-order valence-electron chi connectivity index (χ4n) is 1.41. The van der Waals surface area contributed by atoms with Gasteiger partial charge in [0.25, 0.3) is 5.91 Å². The smallest absolute Gasteiger partial charge is 0.349 e. The lowest BCUT2D eigenvalue weighted by molar-refractivity contribution is -0.137. The van der Waals surface area contributed by atoms with E-state index in [0.29, 0.717) is 18.8 Å². The second-order valence-corrected chi connectivity index (χ2v) is 4.29. The van der Waals surface area contributed by atoms with Crippen LogP contribution >= 0.6 is 11.6 Å². The third kappa shape index (κ3) is 3.88. The van der Waals surface area contributed by atoms with Gasteiger partial charge in [-0.05, 0) is 16.5 Å². The first-order valence-corrected chi connectivity index (χ1v) is 5.97. The van der Waals surface area contributed by atoms with Gasteiger partial charge in [0.2, 0.25) is 0 Å². The van der Waals surface area contributed by atoms with Crippen LogP contribution in [0, 0.1) is 0 Å². The van der Waals surface area contributed by atoms with Gasteiger partial charge in [0.05, 0.1) is 17.1 Å². The molecule has 0 fully saturated rings. The van der Waals surface area contributed by atoms with E-state index >= 15 is 0 Å². The molecule has 7 nitrogen and oxygen atoms in total. The molecule has 0 spiro atoms. The molecule has 0 radical (unpaired) electrons. The van der Waals surface area contributed by atoms with Crippen molar-refractivity contribution in [2.24, 2.45) is 0 Å². The van der Waals surface area contributed by atoms with Gasteiger partial charge in [-0.25, -0.2) is 9.67 Å². The van der Waals surface area contributed by atoms with Gasteiger partial charge in [-0.2, -0.15) is 13.2 Å². The number of halogens is 4. The molecular formula is C10H8ClF3N6O. The lowest BCUT2D eigenvalue weighted by atomic mass is 10.2. The van der Waals surface area contributed by atoms with Crippen LogP contribution < -0.4 is 5.32 Å². The van der Waals surface area contributed by atoms with Crippen LogP contribution in [0.5, 0.6) is 0 Å². The third-order valence-electron chi connectivity index (χ3n) is 2.40. The van der Waals surface area contributed by atoms with E-state index in [4.69, 9.17) is 11.6 Å². The number of hydrogen-bond donors (Lipinski definition) is 1. The molecule has 0 atom stereocenters. The summed E-state index contributed by atoms with van der Waals surface area (Å²) >= 11 is 5.65. The van der Waals surface area contributed by atoms with E-state index in [1.54, 1.807) is 0 Å². The van der Waals surface area contributed by atoms with Crippen LogP contribution in [0.15, 0.2) is 18.6 Å². The maximum absolute atomic E-state index is 12.4. The zero-order chi connectivity index (χ0) is 15.5. The maximum atomic E-state index is 12.4. The summed E-state index contributed by atoms with van der Waals surface area (Å²) in [6, 6.07) is 0.658. The molecule has 2 aromatic heterocycles. The quantitative estimate of drug-likeness (QED) is 0.914. The van der Waals surface area contributed by atoms with Gasteiger partial charge in [-0.1, -0.05) is 11.6 Å². The topological polar surface area (TPSA) is 85.6 Å². The predicted molar refractivity (Wildman–Crippen MR) is 64.4 cm³/mol. The van der Waals surface area contributed by atoms with Crippen molar-refractivity contribution in [1.82, 2.24) is 30.5 Å². The Morgan fingerprint density at radius 1 is 1.43 bits per heavy atom. The molecule has 11 heteroatoms. The molecule has 1 amide bonds. The zero-order valence-electron chi connectivity index (χ0n) is 10.3. The average molecular weight is 321 g/mol. The number of aromatic nitrogens is 5. The first-order valence-electron chi connectivity index (χ1n) is 5.59. The van der Waals surface area contributed by atoms with Crippen LogP contribution in [-0.2, 0) is 12.7 Å². The summed E-state index contributed by atoms with van der Waals surface area (Å²) in [5.74, 6) is -0.679. The fraction of sp³-hybridized carbons (Fsp3) is 0.300. The first kappa shape index (κ1) is 15.2. The number of tetrazole rings is 1. The van der Waals surface area contributed by atoms with E-state index in [9.17, 15) is 18.0 Å². The zero-order valence-corrected chi connectivity index (χ0v) is 11.1. The third-order valence-corrected chi connectivity index (χ3v) is 2.69. The van der Waals surface area contributed by atoms with E-state index in [1.807, 2.05) is 0 Å². The summed E-state index contributed by atoms with van der Waals surface area (Å²) in [5.41, 5.74) is -1.29. The first-order chi connectivity index (χ1) is 9.88. The molecule has 0 unspecified atom stereocenters. The Hall–Kier alpha value is -2.23. The van der Waals surface area contributed by atoms with Crippen LogP contribution in [0.1, 0.15) is 16.1 Å². The summed E-state index contributed by atoms with van der Waals surface area (Å²) in [4.78, 5) is 15.2. The van der Waals surface area contributed by atoms with Gasteiger partial charge < -0.3 is 5.32 Å². The number of alkyl halides is 3. The Kier molecular flexibility index (Phi) is 4.36. The summed E-state index contributed by atoms with van der Waals surface area (Å²) in [6.45, 7) is 0.472. The van der Waals surface area contributed by atoms with E-state index in [-0.39, 0.29) is 17.3 Å². The average Bonchev–Trinajstić information content (AvgIpc) is 2.90. The molecule has 0 aliphatic heterocycles. The molecule has 0 saturated carbocycles. The highest BCUT2D eigenvalue weighted by molar-refractivity contribution is 6.33. The Morgan fingerprint density at radius 3 is 2.76 bits per heavy atom. The van der Waals surface area contributed by atoms with Crippen molar-refractivity contribution in [3.63, 3.8) is 0 Å². The Morgan fingerprint density at radius 2 is 2.19 bits per heavy atom. The monoisotopic (exact) mass is 320 g/mol. The SMILES string of the molecule is O=C(NCCn1cnnn1)c1ncc(C(F)(F)F)cc1Cl. The lowest BCUT2D eigenvalue weighted by Gasteiger charge is -2.09. The van der Waals surface area contributed by atoms with Crippen molar-refractivity contribution in [3.05, 3.63) is 34.9 Å². The van der Waals surface area contributed by atoms with Crippen LogP contribution in [0.3, 0.4) is 0 Å². The largest absolute Gasteiger partial charge is 0.417 e. The number of carbonyl (C=O) groups is 1. The molecule has 0 aromatic carbocycles. The van der Waals surface area contributed by atoms with Crippen molar-refractivity contribution in [1.29, 1.82) is 0 Å². The van der Waals surface area contributed by atoms with Gasteiger partial charge in [-0.15, -0.1) is 5.10 Å². The molecule has 112 valence electrons. The lowest BCUT2D eigenvalue weighted by Crippen LogP contribution is -2.28. The molecule has 2 heterocycles. The highest BCUT2D eigenvalue weighted by Crippen LogP contribution is 2.30. The summed E-state index contributed by atoms with van der Waals surface area (Å²) in [6.07, 6.45) is -2.65. The van der Waals surface area contributed by atoms with Gasteiger partial charge >= 0.3 is 6.18 Å². The van der Waals surface area contributed by atoms with Crippen molar-refractivity contribution < 1.29 is 18.0 Å².